The lowest BCUT2D eigenvalue weighted by atomic mass is 10.1. The third kappa shape index (κ3) is 2.10. The van der Waals surface area contributed by atoms with Crippen molar-refractivity contribution in [2.24, 2.45) is 0 Å². The number of furan rings is 1. The number of hydrogen-bond donors (Lipinski definition) is 0. The number of amides is 2. The van der Waals surface area contributed by atoms with Crippen LogP contribution in [0, 0.1) is 0 Å². The van der Waals surface area contributed by atoms with Crippen LogP contribution in [0.4, 0.5) is 0 Å². The number of carbonyl (C=O) groups is 2. The number of rotatable bonds is 4. The lowest BCUT2D eigenvalue weighted by molar-refractivity contribution is -0.129. The fraction of sp³-hybridized carbons (Fsp3) is 0.571. The number of methoxy groups -OCH3 is 1. The summed E-state index contributed by atoms with van der Waals surface area (Å²) >= 11 is 0. The zero-order valence-corrected chi connectivity index (χ0v) is 11.4. The van der Waals surface area contributed by atoms with Crippen molar-refractivity contribution in [3.8, 4) is 0 Å². The molecular formula is C14H18N2O4. The molecule has 3 heterocycles. The Bertz CT molecular complexity index is 499. The molecule has 1 aromatic heterocycles. The molecule has 2 fully saturated rings. The summed E-state index contributed by atoms with van der Waals surface area (Å²) in [5.74, 6) is 0.325. The zero-order chi connectivity index (χ0) is 14.1. The highest BCUT2D eigenvalue weighted by Crippen LogP contribution is 2.33. The van der Waals surface area contributed by atoms with Gasteiger partial charge in [-0.1, -0.05) is 0 Å². The minimum absolute atomic E-state index is 0.0306. The van der Waals surface area contributed by atoms with Gasteiger partial charge in [-0.2, -0.15) is 0 Å². The van der Waals surface area contributed by atoms with E-state index in [1.54, 1.807) is 24.1 Å². The van der Waals surface area contributed by atoms with Gasteiger partial charge in [-0.3, -0.25) is 9.59 Å². The molecule has 20 heavy (non-hydrogen) atoms. The van der Waals surface area contributed by atoms with Gasteiger partial charge in [-0.15, -0.1) is 0 Å². The second-order valence-corrected chi connectivity index (χ2v) is 5.18. The Labute approximate surface area is 117 Å². The van der Waals surface area contributed by atoms with Crippen LogP contribution < -0.4 is 0 Å². The van der Waals surface area contributed by atoms with Gasteiger partial charge in [0.15, 0.2) is 5.76 Å². The van der Waals surface area contributed by atoms with Crippen LogP contribution in [0.1, 0.15) is 23.4 Å². The molecule has 2 amide bonds. The maximum atomic E-state index is 12.4. The van der Waals surface area contributed by atoms with Crippen molar-refractivity contribution in [2.75, 3.05) is 26.8 Å². The molecular weight excluding hydrogens is 260 g/mol. The molecule has 0 aliphatic carbocycles. The Balaban J connectivity index is 1.73. The van der Waals surface area contributed by atoms with Crippen molar-refractivity contribution in [1.29, 1.82) is 0 Å². The minimum atomic E-state index is -0.121. The van der Waals surface area contributed by atoms with Crippen LogP contribution in [0.2, 0.25) is 0 Å². The highest BCUT2D eigenvalue weighted by atomic mass is 16.5. The van der Waals surface area contributed by atoms with E-state index in [4.69, 9.17) is 9.15 Å². The summed E-state index contributed by atoms with van der Waals surface area (Å²) in [6, 6.07) is 3.45. The highest BCUT2D eigenvalue weighted by molar-refractivity contribution is 5.93. The first-order valence-corrected chi connectivity index (χ1v) is 6.85. The SMILES string of the molecule is COCCN1C(=O)C[C@@H]2[C@H]1CCN2C(=O)c1ccco1. The normalized spacial score (nSPS) is 25.4. The van der Waals surface area contributed by atoms with Gasteiger partial charge < -0.3 is 19.0 Å². The Morgan fingerprint density at radius 3 is 3.05 bits per heavy atom. The Hall–Kier alpha value is -1.82. The first-order chi connectivity index (χ1) is 9.72. The largest absolute Gasteiger partial charge is 0.459 e. The first-order valence-electron chi connectivity index (χ1n) is 6.85. The molecule has 0 spiro atoms. The van der Waals surface area contributed by atoms with Gasteiger partial charge in [0.25, 0.3) is 5.91 Å². The van der Waals surface area contributed by atoms with Gasteiger partial charge in [-0.05, 0) is 18.6 Å². The lowest BCUT2D eigenvalue weighted by Crippen LogP contribution is -2.40. The molecule has 0 aromatic carbocycles. The van der Waals surface area contributed by atoms with Crippen LogP contribution in [0.5, 0.6) is 0 Å². The molecule has 0 saturated carbocycles. The molecule has 0 bridgehead atoms. The topological polar surface area (TPSA) is 63.0 Å². The zero-order valence-electron chi connectivity index (χ0n) is 11.4. The summed E-state index contributed by atoms with van der Waals surface area (Å²) < 4.78 is 10.2. The number of fused-ring (bicyclic) bond motifs is 1. The average Bonchev–Trinajstić information content (AvgIpc) is 3.12. The molecule has 2 atom stereocenters. The van der Waals surface area contributed by atoms with E-state index in [-0.39, 0.29) is 23.9 Å². The monoisotopic (exact) mass is 278 g/mol. The number of likely N-dealkylation sites (tertiary alicyclic amines) is 2. The van der Waals surface area contributed by atoms with Crippen molar-refractivity contribution < 1.29 is 18.7 Å². The van der Waals surface area contributed by atoms with Crippen molar-refractivity contribution in [3.63, 3.8) is 0 Å². The summed E-state index contributed by atoms with van der Waals surface area (Å²) in [7, 11) is 1.62. The second kappa shape index (κ2) is 5.28. The third-order valence-electron chi connectivity index (χ3n) is 4.14. The van der Waals surface area contributed by atoms with Crippen LogP contribution in [-0.4, -0.2) is 60.5 Å². The van der Waals surface area contributed by atoms with E-state index >= 15 is 0 Å². The van der Waals surface area contributed by atoms with E-state index in [1.165, 1.54) is 6.26 Å². The smallest absolute Gasteiger partial charge is 0.289 e. The van der Waals surface area contributed by atoms with Crippen molar-refractivity contribution in [2.45, 2.75) is 24.9 Å². The van der Waals surface area contributed by atoms with E-state index < -0.39 is 0 Å². The highest BCUT2D eigenvalue weighted by Gasteiger charge is 2.48. The first kappa shape index (κ1) is 13.2. The van der Waals surface area contributed by atoms with Gasteiger partial charge in [0.2, 0.25) is 5.91 Å². The molecule has 0 N–H and O–H groups in total. The predicted molar refractivity (Wildman–Crippen MR) is 70.1 cm³/mol. The number of nitrogens with zero attached hydrogens (tertiary/aromatic N) is 2. The number of hydrogen-bond acceptors (Lipinski definition) is 4. The molecule has 2 aliphatic rings. The Morgan fingerprint density at radius 2 is 2.35 bits per heavy atom. The van der Waals surface area contributed by atoms with E-state index in [0.717, 1.165) is 6.42 Å². The van der Waals surface area contributed by atoms with Gasteiger partial charge >= 0.3 is 0 Å². The molecule has 6 heteroatoms. The number of ether oxygens (including phenoxy) is 1. The fourth-order valence-electron chi connectivity index (χ4n) is 3.20. The van der Waals surface area contributed by atoms with Gasteiger partial charge in [0.05, 0.1) is 25.0 Å². The maximum Gasteiger partial charge on any atom is 0.289 e. The standard InChI is InChI=1S/C14H18N2O4/c1-19-8-6-15-10-4-5-16(11(10)9-13(15)17)14(18)12-3-2-7-20-12/h2-3,7,10-11H,4-6,8-9H2,1H3/t10-,11-/m1/s1. The lowest BCUT2D eigenvalue weighted by Gasteiger charge is -2.24. The van der Waals surface area contributed by atoms with Crippen LogP contribution in [0.15, 0.2) is 22.8 Å². The summed E-state index contributed by atoms with van der Waals surface area (Å²) in [5, 5.41) is 0. The van der Waals surface area contributed by atoms with Gasteiger partial charge in [0.1, 0.15) is 0 Å². The van der Waals surface area contributed by atoms with Crippen molar-refractivity contribution in [3.05, 3.63) is 24.2 Å². The predicted octanol–water partition coefficient (Wildman–Crippen LogP) is 0.741. The summed E-state index contributed by atoms with van der Waals surface area (Å²) in [6.45, 7) is 1.80. The molecule has 1 aromatic rings. The summed E-state index contributed by atoms with van der Waals surface area (Å²) in [4.78, 5) is 28.0. The van der Waals surface area contributed by atoms with Crippen LogP contribution in [0.25, 0.3) is 0 Å². The fourth-order valence-corrected chi connectivity index (χ4v) is 3.20. The van der Waals surface area contributed by atoms with E-state index in [2.05, 4.69) is 0 Å². The van der Waals surface area contributed by atoms with Gasteiger partial charge in [-0.25, -0.2) is 0 Å². The average molecular weight is 278 g/mol. The number of carbonyl (C=O) groups excluding carboxylic acids is 2. The Kier molecular flexibility index (Phi) is 3.48. The van der Waals surface area contributed by atoms with Gasteiger partial charge in [0, 0.05) is 26.6 Å². The minimum Gasteiger partial charge on any atom is -0.459 e. The van der Waals surface area contributed by atoms with E-state index in [9.17, 15) is 9.59 Å². The third-order valence-corrected chi connectivity index (χ3v) is 4.14. The molecule has 108 valence electrons. The molecule has 0 radical (unpaired) electrons. The van der Waals surface area contributed by atoms with Crippen LogP contribution >= 0.6 is 0 Å². The van der Waals surface area contributed by atoms with Crippen molar-refractivity contribution >= 4 is 11.8 Å². The molecule has 3 rings (SSSR count). The maximum absolute atomic E-state index is 12.4. The summed E-state index contributed by atoms with van der Waals surface area (Å²) in [6.07, 6.45) is 2.72. The summed E-state index contributed by atoms with van der Waals surface area (Å²) in [5.41, 5.74) is 0. The molecule has 2 aliphatic heterocycles. The molecule has 6 nitrogen and oxygen atoms in total. The van der Waals surface area contributed by atoms with E-state index in [1.807, 2.05) is 4.90 Å². The second-order valence-electron chi connectivity index (χ2n) is 5.18. The van der Waals surface area contributed by atoms with Crippen molar-refractivity contribution in [1.82, 2.24) is 9.80 Å². The molecule has 0 unspecified atom stereocenters. The Morgan fingerprint density at radius 1 is 1.50 bits per heavy atom. The van der Waals surface area contributed by atoms with Crippen LogP contribution in [0.3, 0.4) is 0 Å². The quantitative estimate of drug-likeness (QED) is 0.815. The molecule has 2 saturated heterocycles. The van der Waals surface area contributed by atoms with E-state index in [0.29, 0.717) is 31.9 Å². The van der Waals surface area contributed by atoms with Crippen LogP contribution in [-0.2, 0) is 9.53 Å².